The Hall–Kier alpha value is -0.420. The fourth-order valence-electron chi connectivity index (χ4n) is 1.31. The van der Waals surface area contributed by atoms with Crippen LogP contribution < -0.4 is 0 Å². The number of hydrogen-bond donors (Lipinski definition) is 0. The van der Waals surface area contributed by atoms with Crippen LogP contribution in [-0.4, -0.2) is 5.78 Å². The van der Waals surface area contributed by atoms with E-state index in [9.17, 15) is 9.18 Å². The van der Waals surface area contributed by atoms with E-state index >= 15 is 0 Å². The quantitative estimate of drug-likeness (QED) is 0.679. The summed E-state index contributed by atoms with van der Waals surface area (Å²) in [6.45, 7) is 0. The van der Waals surface area contributed by atoms with Gasteiger partial charge < -0.3 is 0 Å². The summed E-state index contributed by atoms with van der Waals surface area (Å²) in [5.74, 6) is -0.701. The van der Waals surface area contributed by atoms with E-state index in [-0.39, 0.29) is 5.78 Å². The number of hydrogen-bond acceptors (Lipinski definition) is 2. The van der Waals surface area contributed by atoms with Gasteiger partial charge in [-0.3, -0.25) is 4.79 Å². The molecule has 0 radical (unpaired) electrons. The molecule has 0 N–H and O–H groups in total. The van der Waals surface area contributed by atoms with Crippen molar-refractivity contribution in [3.05, 3.63) is 54.4 Å². The second kappa shape index (κ2) is 5.06. The van der Waals surface area contributed by atoms with Crippen LogP contribution in [-0.2, 0) is 0 Å². The molecule has 0 atom stereocenters. The van der Waals surface area contributed by atoms with Crippen molar-refractivity contribution in [2.45, 2.75) is 0 Å². The fraction of sp³-hybridized carbons (Fsp3) is 0. The largest absolute Gasteiger partial charge is 0.288 e. The topological polar surface area (TPSA) is 17.1 Å². The van der Waals surface area contributed by atoms with Gasteiger partial charge in [-0.25, -0.2) is 4.39 Å². The lowest BCUT2D eigenvalue weighted by molar-refractivity contribution is 0.103. The van der Waals surface area contributed by atoms with Gasteiger partial charge in [-0.2, -0.15) is 0 Å². The maximum atomic E-state index is 12.9. The Morgan fingerprint density at radius 2 is 1.94 bits per heavy atom. The number of ketones is 1. The molecule has 1 aromatic heterocycles. The van der Waals surface area contributed by atoms with Crippen LogP contribution in [0.3, 0.4) is 0 Å². The molecule has 0 bridgehead atoms. The number of carbonyl (C=O) groups is 1. The number of benzene rings is 1. The Labute approximate surface area is 119 Å². The summed E-state index contributed by atoms with van der Waals surface area (Å²) in [5.41, 5.74) is 0.678. The molecule has 0 aliphatic carbocycles. The molecular weight excluding hydrogens is 350 g/mol. The smallest absolute Gasteiger partial charge is 0.196 e. The van der Waals surface area contributed by atoms with E-state index in [4.69, 9.17) is 23.2 Å². The molecule has 2 aromatic rings. The summed E-state index contributed by atoms with van der Waals surface area (Å²) >= 11 is 15.9. The molecule has 0 amide bonds. The van der Waals surface area contributed by atoms with Crippen LogP contribution in [0.1, 0.15) is 15.9 Å². The average molecular weight is 354 g/mol. The van der Waals surface area contributed by atoms with Crippen LogP contribution in [0, 0.1) is 5.82 Å². The summed E-state index contributed by atoms with van der Waals surface area (Å²) < 4.78 is 14.1. The molecule has 88 valence electrons. The van der Waals surface area contributed by atoms with E-state index in [0.29, 0.717) is 24.3 Å². The number of thiophene rings is 1. The minimum atomic E-state index is -0.414. The second-order valence-corrected chi connectivity index (χ2v) is 6.33. The van der Waals surface area contributed by atoms with Gasteiger partial charge in [0.2, 0.25) is 0 Å². The first-order valence-electron chi connectivity index (χ1n) is 4.43. The molecule has 1 nitrogen and oxygen atoms in total. The van der Waals surface area contributed by atoms with Crippen molar-refractivity contribution in [3.63, 3.8) is 0 Å². The van der Waals surface area contributed by atoms with Crippen LogP contribution in [0.5, 0.6) is 0 Å². The number of halogens is 4. The normalized spacial score (nSPS) is 10.6. The molecule has 0 saturated carbocycles. The third-order valence-corrected chi connectivity index (χ3v) is 4.22. The van der Waals surface area contributed by atoms with Crippen molar-refractivity contribution >= 4 is 56.3 Å². The Morgan fingerprint density at radius 3 is 2.47 bits per heavy atom. The first-order chi connectivity index (χ1) is 7.99. The van der Waals surface area contributed by atoms with Gasteiger partial charge in [0.1, 0.15) is 10.2 Å². The van der Waals surface area contributed by atoms with Gasteiger partial charge in [0, 0.05) is 10.0 Å². The van der Waals surface area contributed by atoms with E-state index < -0.39 is 5.82 Å². The molecule has 0 fully saturated rings. The summed E-state index contributed by atoms with van der Waals surface area (Å²) in [7, 11) is 0. The Balaban J connectivity index is 2.47. The molecule has 0 saturated heterocycles. The van der Waals surface area contributed by atoms with Crippen LogP contribution in [0.15, 0.2) is 28.7 Å². The van der Waals surface area contributed by atoms with E-state index in [2.05, 4.69) is 15.9 Å². The first kappa shape index (κ1) is 13.0. The molecule has 1 heterocycles. The van der Waals surface area contributed by atoms with E-state index in [1.54, 1.807) is 0 Å². The van der Waals surface area contributed by atoms with Crippen molar-refractivity contribution in [1.82, 2.24) is 0 Å². The van der Waals surface area contributed by atoms with Crippen LogP contribution >= 0.6 is 50.5 Å². The summed E-state index contributed by atoms with van der Waals surface area (Å²) in [6, 6.07) is 5.37. The van der Waals surface area contributed by atoms with Gasteiger partial charge >= 0.3 is 0 Å². The van der Waals surface area contributed by atoms with Crippen LogP contribution in [0.25, 0.3) is 0 Å². The predicted molar refractivity (Wildman–Crippen MR) is 71.9 cm³/mol. The molecule has 6 heteroatoms. The zero-order valence-corrected chi connectivity index (χ0v) is 12.1. The molecule has 1 aromatic carbocycles. The van der Waals surface area contributed by atoms with Gasteiger partial charge in [0.15, 0.2) is 5.78 Å². The highest BCUT2D eigenvalue weighted by Gasteiger charge is 2.18. The highest BCUT2D eigenvalue weighted by atomic mass is 79.9. The minimum absolute atomic E-state index is 0.287. The summed E-state index contributed by atoms with van der Waals surface area (Å²) in [5, 5.41) is 0. The Kier molecular flexibility index (Phi) is 3.88. The van der Waals surface area contributed by atoms with Crippen molar-refractivity contribution in [2.75, 3.05) is 0 Å². The fourth-order valence-corrected chi connectivity index (χ4v) is 3.30. The first-order valence-corrected chi connectivity index (χ1v) is 6.80. The van der Waals surface area contributed by atoms with E-state index in [1.807, 2.05) is 0 Å². The Bertz CT molecular complexity index is 597. The molecule has 0 unspecified atom stereocenters. The maximum absolute atomic E-state index is 12.9. The molecule has 0 aliphatic rings. The zero-order valence-electron chi connectivity index (χ0n) is 8.14. The van der Waals surface area contributed by atoms with Gasteiger partial charge in [-0.05, 0) is 40.2 Å². The molecule has 0 spiro atoms. The van der Waals surface area contributed by atoms with Crippen LogP contribution in [0.4, 0.5) is 4.39 Å². The van der Waals surface area contributed by atoms with Gasteiger partial charge in [-0.15, -0.1) is 11.3 Å². The highest BCUT2D eigenvalue weighted by Crippen LogP contribution is 2.33. The third kappa shape index (κ3) is 2.71. The zero-order chi connectivity index (χ0) is 12.6. The molecule has 0 aliphatic heterocycles. The van der Waals surface area contributed by atoms with Crippen LogP contribution in [0.2, 0.25) is 8.67 Å². The maximum Gasteiger partial charge on any atom is 0.196 e. The summed E-state index contributed by atoms with van der Waals surface area (Å²) in [4.78, 5) is 12.1. The van der Waals surface area contributed by atoms with Crippen molar-refractivity contribution in [3.8, 4) is 0 Å². The standard InChI is InChI=1S/C11H4BrCl2FOS/c12-8-3-5(15)1-2-6(8)10(16)7-4-9(13)17-11(7)14/h1-4H. The van der Waals surface area contributed by atoms with Gasteiger partial charge in [0.05, 0.1) is 9.90 Å². The minimum Gasteiger partial charge on any atom is -0.288 e. The summed E-state index contributed by atoms with van der Waals surface area (Å²) in [6.07, 6.45) is 0. The highest BCUT2D eigenvalue weighted by molar-refractivity contribution is 9.10. The molecular formula is C11H4BrCl2FOS. The van der Waals surface area contributed by atoms with Crippen molar-refractivity contribution in [2.24, 2.45) is 0 Å². The van der Waals surface area contributed by atoms with Gasteiger partial charge in [0.25, 0.3) is 0 Å². The lowest BCUT2D eigenvalue weighted by Crippen LogP contribution is -2.01. The molecule has 2 rings (SSSR count). The SMILES string of the molecule is O=C(c1ccc(F)cc1Br)c1cc(Cl)sc1Cl. The van der Waals surface area contributed by atoms with E-state index in [0.717, 1.165) is 11.3 Å². The van der Waals surface area contributed by atoms with E-state index in [1.165, 1.54) is 24.3 Å². The third-order valence-electron chi connectivity index (χ3n) is 2.08. The van der Waals surface area contributed by atoms with Crippen molar-refractivity contribution < 1.29 is 9.18 Å². The predicted octanol–water partition coefficient (Wildman–Crippen LogP) is 5.19. The lowest BCUT2D eigenvalue weighted by atomic mass is 10.1. The van der Waals surface area contributed by atoms with Crippen molar-refractivity contribution in [1.29, 1.82) is 0 Å². The monoisotopic (exact) mass is 352 g/mol. The Morgan fingerprint density at radius 1 is 1.24 bits per heavy atom. The second-order valence-electron chi connectivity index (χ2n) is 3.19. The average Bonchev–Trinajstić information content (AvgIpc) is 2.57. The number of carbonyl (C=O) groups excluding carboxylic acids is 1. The number of rotatable bonds is 2. The van der Waals surface area contributed by atoms with Gasteiger partial charge in [-0.1, -0.05) is 23.2 Å². The molecule has 17 heavy (non-hydrogen) atoms. The lowest BCUT2D eigenvalue weighted by Gasteiger charge is -2.02.